The highest BCUT2D eigenvalue weighted by Crippen LogP contribution is 2.30. The minimum Gasteiger partial charge on any atom is -0.325 e. The second-order valence-electron chi connectivity index (χ2n) is 4.65. The number of rotatable bonds is 3. The van der Waals surface area contributed by atoms with Gasteiger partial charge in [0.05, 0.1) is 10.2 Å². The third kappa shape index (κ3) is 3.26. The van der Waals surface area contributed by atoms with Gasteiger partial charge in [-0.25, -0.2) is 0 Å². The number of nitrogens with two attached hydrogens (primary N) is 1. The Kier molecular flexibility index (Phi) is 3.79. The van der Waals surface area contributed by atoms with Crippen LogP contribution in [0.5, 0.6) is 0 Å². The van der Waals surface area contributed by atoms with Gasteiger partial charge >= 0.3 is 0 Å². The first-order chi connectivity index (χ1) is 8.09. The molecule has 0 bridgehead atoms. The Labute approximate surface area is 109 Å². The lowest BCUT2D eigenvalue weighted by Gasteiger charge is -2.22. The van der Waals surface area contributed by atoms with Crippen LogP contribution in [-0.4, -0.2) is 16.4 Å². The molecule has 1 aromatic rings. The number of nitrogens with one attached hydrogen (secondary N) is 1. The Morgan fingerprint density at radius 1 is 1.53 bits per heavy atom. The van der Waals surface area contributed by atoms with Crippen LogP contribution in [0.15, 0.2) is 22.9 Å². The third-order valence-electron chi connectivity index (χ3n) is 3.16. The predicted molar refractivity (Wildman–Crippen MR) is 70.6 cm³/mol. The first kappa shape index (κ1) is 12.5. The molecule has 3 N–H and O–H groups in total. The molecular weight excluding hydrogens is 282 g/mol. The summed E-state index contributed by atoms with van der Waals surface area (Å²) in [6.07, 6.45) is 7.83. The van der Waals surface area contributed by atoms with Crippen molar-refractivity contribution in [2.45, 2.75) is 37.6 Å². The van der Waals surface area contributed by atoms with Crippen LogP contribution in [0.4, 0.5) is 5.69 Å². The largest absolute Gasteiger partial charge is 0.325 e. The average Bonchev–Trinajstić information content (AvgIpc) is 2.68. The summed E-state index contributed by atoms with van der Waals surface area (Å²) in [6.45, 7) is 0. The lowest BCUT2D eigenvalue weighted by Crippen LogP contribution is -2.40. The van der Waals surface area contributed by atoms with E-state index in [1.807, 2.05) is 0 Å². The number of pyridine rings is 1. The van der Waals surface area contributed by atoms with Crippen molar-refractivity contribution in [3.8, 4) is 0 Å². The fourth-order valence-electron chi connectivity index (χ4n) is 2.25. The molecule has 0 radical (unpaired) electrons. The van der Waals surface area contributed by atoms with Gasteiger partial charge in [0.2, 0.25) is 5.91 Å². The van der Waals surface area contributed by atoms with E-state index in [9.17, 15) is 4.79 Å². The van der Waals surface area contributed by atoms with Crippen molar-refractivity contribution in [3.05, 3.63) is 22.9 Å². The fraction of sp³-hybridized carbons (Fsp3) is 0.500. The van der Waals surface area contributed by atoms with Crippen LogP contribution >= 0.6 is 15.9 Å². The van der Waals surface area contributed by atoms with Gasteiger partial charge in [0.25, 0.3) is 0 Å². The number of aromatic nitrogens is 1. The predicted octanol–water partition coefficient (Wildman–Crippen LogP) is 2.44. The molecule has 0 aromatic carbocycles. The van der Waals surface area contributed by atoms with Crippen LogP contribution in [0.3, 0.4) is 0 Å². The van der Waals surface area contributed by atoms with Crippen molar-refractivity contribution in [1.82, 2.24) is 4.98 Å². The zero-order valence-corrected chi connectivity index (χ0v) is 11.2. The summed E-state index contributed by atoms with van der Waals surface area (Å²) in [7, 11) is 0. The number of hydrogen-bond donors (Lipinski definition) is 2. The number of carbonyl (C=O) groups excluding carboxylic acids is 1. The van der Waals surface area contributed by atoms with Gasteiger partial charge in [0, 0.05) is 24.4 Å². The van der Waals surface area contributed by atoms with Crippen molar-refractivity contribution >= 4 is 27.5 Å². The molecule has 1 amide bonds. The van der Waals surface area contributed by atoms with E-state index in [0.717, 1.165) is 35.8 Å². The summed E-state index contributed by atoms with van der Waals surface area (Å²) in [6, 6.07) is 1.76. The number of hydrogen-bond acceptors (Lipinski definition) is 3. The maximum absolute atomic E-state index is 11.9. The minimum absolute atomic E-state index is 0.0266. The molecule has 92 valence electrons. The first-order valence-electron chi connectivity index (χ1n) is 5.77. The Morgan fingerprint density at radius 3 is 2.88 bits per heavy atom. The molecule has 1 aliphatic rings. The van der Waals surface area contributed by atoms with E-state index in [2.05, 4.69) is 26.2 Å². The van der Waals surface area contributed by atoms with Crippen molar-refractivity contribution in [2.24, 2.45) is 5.73 Å². The van der Waals surface area contributed by atoms with Crippen LogP contribution in [0, 0.1) is 0 Å². The van der Waals surface area contributed by atoms with Crippen molar-refractivity contribution < 1.29 is 4.79 Å². The normalized spacial score (nSPS) is 18.0. The number of nitrogens with zero attached hydrogens (tertiary/aromatic N) is 1. The lowest BCUT2D eigenvalue weighted by atomic mass is 9.94. The van der Waals surface area contributed by atoms with Crippen molar-refractivity contribution in [3.63, 3.8) is 0 Å². The van der Waals surface area contributed by atoms with Gasteiger partial charge in [-0.3, -0.25) is 9.78 Å². The van der Waals surface area contributed by atoms with Crippen LogP contribution in [-0.2, 0) is 4.79 Å². The summed E-state index contributed by atoms with van der Waals surface area (Å²) in [5.41, 5.74) is 6.61. The van der Waals surface area contributed by atoms with Crippen molar-refractivity contribution in [2.75, 3.05) is 5.32 Å². The maximum Gasteiger partial charge on any atom is 0.226 e. The molecule has 5 heteroatoms. The molecule has 0 aliphatic heterocycles. The summed E-state index contributed by atoms with van der Waals surface area (Å²) in [5.74, 6) is -0.0266. The summed E-state index contributed by atoms with van der Waals surface area (Å²) < 4.78 is 0.783. The first-order valence-corrected chi connectivity index (χ1v) is 6.57. The van der Waals surface area contributed by atoms with Crippen LogP contribution < -0.4 is 11.1 Å². The highest BCUT2D eigenvalue weighted by molar-refractivity contribution is 9.10. The van der Waals surface area contributed by atoms with Gasteiger partial charge in [-0.05, 0) is 34.8 Å². The van der Waals surface area contributed by atoms with Gasteiger partial charge in [-0.1, -0.05) is 12.8 Å². The number of amides is 1. The number of anilines is 1. The molecule has 0 atom stereocenters. The van der Waals surface area contributed by atoms with Crippen LogP contribution in [0.1, 0.15) is 32.1 Å². The Hall–Kier alpha value is -0.940. The molecule has 4 nitrogen and oxygen atoms in total. The summed E-state index contributed by atoms with van der Waals surface area (Å²) in [5, 5.41) is 2.86. The van der Waals surface area contributed by atoms with E-state index < -0.39 is 0 Å². The zero-order chi connectivity index (χ0) is 12.3. The number of halogens is 1. The molecule has 0 saturated heterocycles. The summed E-state index contributed by atoms with van der Waals surface area (Å²) >= 11 is 3.34. The minimum atomic E-state index is -0.302. The van der Waals surface area contributed by atoms with Crippen LogP contribution in [0.25, 0.3) is 0 Å². The second-order valence-corrected chi connectivity index (χ2v) is 5.50. The Bertz CT molecular complexity index is 416. The Morgan fingerprint density at radius 2 is 2.24 bits per heavy atom. The summed E-state index contributed by atoms with van der Waals surface area (Å²) in [4.78, 5) is 15.8. The number of carbonyl (C=O) groups is 1. The van der Waals surface area contributed by atoms with E-state index in [-0.39, 0.29) is 11.4 Å². The van der Waals surface area contributed by atoms with Gasteiger partial charge in [-0.15, -0.1) is 0 Å². The van der Waals surface area contributed by atoms with E-state index in [4.69, 9.17) is 5.73 Å². The van der Waals surface area contributed by atoms with E-state index in [1.165, 1.54) is 0 Å². The van der Waals surface area contributed by atoms with Gasteiger partial charge in [0.15, 0.2) is 0 Å². The third-order valence-corrected chi connectivity index (χ3v) is 3.79. The van der Waals surface area contributed by atoms with E-state index >= 15 is 0 Å². The SMILES string of the molecule is NC1(CC(=O)Nc2ccncc2Br)CCCC1. The molecule has 1 heterocycles. The molecular formula is C12H16BrN3O. The topological polar surface area (TPSA) is 68.0 Å². The molecule has 2 rings (SSSR count). The quantitative estimate of drug-likeness (QED) is 0.900. The highest BCUT2D eigenvalue weighted by atomic mass is 79.9. The molecule has 0 unspecified atom stereocenters. The maximum atomic E-state index is 11.9. The average molecular weight is 298 g/mol. The molecule has 1 saturated carbocycles. The van der Waals surface area contributed by atoms with E-state index in [1.54, 1.807) is 18.5 Å². The van der Waals surface area contributed by atoms with E-state index in [0.29, 0.717) is 6.42 Å². The second kappa shape index (κ2) is 5.14. The van der Waals surface area contributed by atoms with Gasteiger partial charge in [0.1, 0.15) is 0 Å². The van der Waals surface area contributed by atoms with Crippen LogP contribution in [0.2, 0.25) is 0 Å². The lowest BCUT2D eigenvalue weighted by molar-refractivity contribution is -0.117. The molecule has 1 fully saturated rings. The fourth-order valence-corrected chi connectivity index (χ4v) is 2.60. The smallest absolute Gasteiger partial charge is 0.226 e. The molecule has 1 aromatic heterocycles. The Balaban J connectivity index is 1.96. The molecule has 1 aliphatic carbocycles. The highest BCUT2D eigenvalue weighted by Gasteiger charge is 2.31. The van der Waals surface area contributed by atoms with Crippen molar-refractivity contribution in [1.29, 1.82) is 0 Å². The van der Waals surface area contributed by atoms with Gasteiger partial charge in [-0.2, -0.15) is 0 Å². The monoisotopic (exact) mass is 297 g/mol. The molecule has 17 heavy (non-hydrogen) atoms. The van der Waals surface area contributed by atoms with Gasteiger partial charge < -0.3 is 11.1 Å². The zero-order valence-electron chi connectivity index (χ0n) is 9.58. The standard InChI is InChI=1S/C12H16BrN3O/c13-9-8-15-6-3-10(9)16-11(17)7-12(14)4-1-2-5-12/h3,6,8H,1-2,4-5,7,14H2,(H,15,16,17). The molecule has 0 spiro atoms.